The van der Waals surface area contributed by atoms with Crippen LogP contribution < -0.4 is 0 Å². The quantitative estimate of drug-likeness (QED) is 0.176. The lowest BCUT2D eigenvalue weighted by molar-refractivity contribution is 0.668. The molecule has 0 spiro atoms. The molecule has 0 unspecified atom stereocenters. The molecular weight excluding hydrogens is 701 g/mol. The van der Waals surface area contributed by atoms with Gasteiger partial charge in [0.1, 0.15) is 22.3 Å². The Balaban J connectivity index is 0.988. The van der Waals surface area contributed by atoms with E-state index in [1.54, 1.807) is 0 Å². The first-order valence-corrected chi connectivity index (χ1v) is 19.0. The van der Waals surface area contributed by atoms with E-state index in [9.17, 15) is 0 Å². The van der Waals surface area contributed by atoms with E-state index >= 15 is 0 Å². The van der Waals surface area contributed by atoms with Crippen molar-refractivity contribution in [1.82, 2.24) is 19.5 Å². The third-order valence-corrected chi connectivity index (χ3v) is 11.1. The standard InChI is InChI=1S/C51H30N4O2/c1-3-12-31(13-4-1)49-52-50(33-22-25-38-37-16-8-10-21-44(37)56-46(38)29-33)54-51(53-49)34-23-26-39-41-28-32(24-27-45(41)57-47(39)30-34)36-18-11-20-43-48(36)40-17-7-9-19-42(40)55(43)35-14-5-2-6-15-35/h1-30H. The van der Waals surface area contributed by atoms with E-state index in [1.165, 1.54) is 27.4 Å². The zero-order valence-corrected chi connectivity index (χ0v) is 30.4. The fourth-order valence-corrected chi connectivity index (χ4v) is 8.41. The molecule has 6 nitrogen and oxygen atoms in total. The van der Waals surface area contributed by atoms with Gasteiger partial charge in [0.2, 0.25) is 0 Å². The average molecular weight is 731 g/mol. The smallest absolute Gasteiger partial charge is 0.164 e. The second kappa shape index (κ2) is 12.3. The highest BCUT2D eigenvalue weighted by molar-refractivity contribution is 6.17. The zero-order valence-electron chi connectivity index (χ0n) is 30.4. The lowest BCUT2D eigenvalue weighted by Gasteiger charge is -2.09. The summed E-state index contributed by atoms with van der Waals surface area (Å²) in [5, 5.41) is 6.67. The maximum atomic E-state index is 6.54. The number of hydrogen-bond donors (Lipinski definition) is 0. The van der Waals surface area contributed by atoms with Crippen molar-refractivity contribution in [2.75, 3.05) is 0 Å². The molecule has 4 heterocycles. The SMILES string of the molecule is c1ccc(-c2nc(-c3ccc4c(c3)oc3ccccc34)nc(-c3ccc4c(c3)oc3ccc(-c5cccc6c5c5ccccc5n6-c5ccccc5)cc34)n2)cc1. The highest BCUT2D eigenvalue weighted by atomic mass is 16.3. The van der Waals surface area contributed by atoms with E-state index in [0.29, 0.717) is 17.5 Å². The van der Waals surface area contributed by atoms with Gasteiger partial charge in [-0.2, -0.15) is 0 Å². The number of fused-ring (bicyclic) bond motifs is 9. The molecule has 0 radical (unpaired) electrons. The monoisotopic (exact) mass is 730 g/mol. The molecule has 266 valence electrons. The van der Waals surface area contributed by atoms with Gasteiger partial charge >= 0.3 is 0 Å². The first-order valence-electron chi connectivity index (χ1n) is 19.0. The molecule has 0 amide bonds. The Morgan fingerprint density at radius 1 is 0.333 bits per heavy atom. The third kappa shape index (κ3) is 5.01. The van der Waals surface area contributed by atoms with Crippen molar-refractivity contribution in [3.05, 3.63) is 182 Å². The van der Waals surface area contributed by atoms with Gasteiger partial charge in [-0.15, -0.1) is 0 Å². The zero-order chi connectivity index (χ0) is 37.5. The molecule has 4 aromatic heterocycles. The van der Waals surface area contributed by atoms with Crippen molar-refractivity contribution in [2.24, 2.45) is 0 Å². The number of rotatable bonds is 5. The van der Waals surface area contributed by atoms with Crippen LogP contribution in [-0.4, -0.2) is 19.5 Å². The number of aromatic nitrogens is 4. The lowest BCUT2D eigenvalue weighted by atomic mass is 9.97. The molecule has 0 N–H and O–H groups in total. The van der Waals surface area contributed by atoms with Gasteiger partial charge in [0, 0.05) is 54.7 Å². The second-order valence-corrected chi connectivity index (χ2v) is 14.4. The first-order chi connectivity index (χ1) is 28.2. The van der Waals surface area contributed by atoms with Gasteiger partial charge < -0.3 is 13.4 Å². The molecule has 12 aromatic rings. The molecule has 0 fully saturated rings. The molecule has 6 heteroatoms. The summed E-state index contributed by atoms with van der Waals surface area (Å²) < 4.78 is 15.1. The van der Waals surface area contributed by atoms with Crippen molar-refractivity contribution < 1.29 is 8.83 Å². The number of benzene rings is 8. The molecule has 0 aliphatic heterocycles. The number of nitrogens with zero attached hydrogens (tertiary/aromatic N) is 4. The summed E-state index contributed by atoms with van der Waals surface area (Å²) in [6.07, 6.45) is 0. The molecule has 57 heavy (non-hydrogen) atoms. The average Bonchev–Trinajstić information content (AvgIpc) is 3.95. The van der Waals surface area contributed by atoms with Crippen LogP contribution in [-0.2, 0) is 0 Å². The maximum absolute atomic E-state index is 6.54. The van der Waals surface area contributed by atoms with Crippen molar-refractivity contribution in [3.8, 4) is 51.0 Å². The summed E-state index contributed by atoms with van der Waals surface area (Å²) in [6, 6.07) is 62.8. The summed E-state index contributed by atoms with van der Waals surface area (Å²) in [5.41, 5.74) is 11.6. The summed E-state index contributed by atoms with van der Waals surface area (Å²) in [4.78, 5) is 15.0. The summed E-state index contributed by atoms with van der Waals surface area (Å²) in [6.45, 7) is 0. The minimum Gasteiger partial charge on any atom is -0.456 e. The van der Waals surface area contributed by atoms with Crippen LogP contribution in [0.15, 0.2) is 191 Å². The normalized spacial score (nSPS) is 11.9. The van der Waals surface area contributed by atoms with E-state index in [1.807, 2.05) is 60.7 Å². The Kier molecular flexibility index (Phi) is 6.83. The highest BCUT2D eigenvalue weighted by Crippen LogP contribution is 2.41. The van der Waals surface area contributed by atoms with E-state index < -0.39 is 0 Å². The number of para-hydroxylation sites is 3. The van der Waals surface area contributed by atoms with Gasteiger partial charge in [-0.1, -0.05) is 115 Å². The maximum Gasteiger partial charge on any atom is 0.164 e. The Bertz CT molecular complexity index is 3530. The van der Waals surface area contributed by atoms with Gasteiger partial charge in [-0.25, -0.2) is 15.0 Å². The molecule has 0 saturated heterocycles. The van der Waals surface area contributed by atoms with Gasteiger partial charge in [-0.05, 0) is 77.9 Å². The largest absolute Gasteiger partial charge is 0.456 e. The molecule has 8 aromatic carbocycles. The van der Waals surface area contributed by atoms with Crippen molar-refractivity contribution in [1.29, 1.82) is 0 Å². The van der Waals surface area contributed by atoms with Gasteiger partial charge in [0.15, 0.2) is 17.5 Å². The number of hydrogen-bond acceptors (Lipinski definition) is 5. The third-order valence-electron chi connectivity index (χ3n) is 11.1. The second-order valence-electron chi connectivity index (χ2n) is 14.4. The fraction of sp³-hybridized carbons (Fsp3) is 0. The molecule has 0 saturated carbocycles. The predicted molar refractivity (Wildman–Crippen MR) is 230 cm³/mol. The van der Waals surface area contributed by atoms with Gasteiger partial charge in [0.25, 0.3) is 0 Å². The Hall–Kier alpha value is -7.83. The van der Waals surface area contributed by atoms with Crippen LogP contribution >= 0.6 is 0 Å². The molecule has 0 bridgehead atoms. The van der Waals surface area contributed by atoms with Crippen LogP contribution in [0.4, 0.5) is 0 Å². The summed E-state index contributed by atoms with van der Waals surface area (Å²) >= 11 is 0. The van der Waals surface area contributed by atoms with E-state index in [-0.39, 0.29) is 0 Å². The van der Waals surface area contributed by atoms with Gasteiger partial charge in [0.05, 0.1) is 11.0 Å². The van der Waals surface area contributed by atoms with Crippen LogP contribution in [0.3, 0.4) is 0 Å². The molecule has 12 rings (SSSR count). The van der Waals surface area contributed by atoms with Gasteiger partial charge in [-0.3, -0.25) is 0 Å². The van der Waals surface area contributed by atoms with Crippen LogP contribution in [0.2, 0.25) is 0 Å². The topological polar surface area (TPSA) is 69.9 Å². The van der Waals surface area contributed by atoms with E-state index in [2.05, 4.69) is 126 Å². The molecule has 0 aliphatic rings. The van der Waals surface area contributed by atoms with Crippen molar-refractivity contribution in [3.63, 3.8) is 0 Å². The minimum absolute atomic E-state index is 0.563. The van der Waals surface area contributed by atoms with E-state index in [0.717, 1.165) is 71.8 Å². The molecule has 0 aliphatic carbocycles. The molecular formula is C51H30N4O2. The Morgan fingerprint density at radius 2 is 0.877 bits per heavy atom. The molecule has 0 atom stereocenters. The summed E-state index contributed by atoms with van der Waals surface area (Å²) in [7, 11) is 0. The predicted octanol–water partition coefficient (Wildman–Crippen LogP) is 13.4. The number of furan rings is 2. The first kappa shape index (κ1) is 31.5. The van der Waals surface area contributed by atoms with Crippen LogP contribution in [0, 0.1) is 0 Å². The van der Waals surface area contributed by atoms with Crippen molar-refractivity contribution in [2.45, 2.75) is 0 Å². The fourth-order valence-electron chi connectivity index (χ4n) is 8.41. The Labute approximate surface area is 325 Å². The van der Waals surface area contributed by atoms with Crippen LogP contribution in [0.5, 0.6) is 0 Å². The van der Waals surface area contributed by atoms with Crippen molar-refractivity contribution >= 4 is 65.7 Å². The minimum atomic E-state index is 0.563. The Morgan fingerprint density at radius 3 is 1.61 bits per heavy atom. The van der Waals surface area contributed by atoms with E-state index in [4.69, 9.17) is 23.8 Å². The highest BCUT2D eigenvalue weighted by Gasteiger charge is 2.19. The van der Waals surface area contributed by atoms with Crippen LogP contribution in [0.1, 0.15) is 0 Å². The van der Waals surface area contributed by atoms with Crippen LogP contribution in [0.25, 0.3) is 117 Å². The lowest BCUT2D eigenvalue weighted by Crippen LogP contribution is -2.00. The summed E-state index contributed by atoms with van der Waals surface area (Å²) in [5.74, 6) is 1.73.